The standard InChI is InChI=1S/C20H24N6S/c1-26(2)12-11-22-20-24-17(15-7-6-10-21-14-15)13-19(25-20)23-16-8-4-5-9-18(16)27-3/h4-10,13-14H,11-12H2,1-3H3,(H2,22,23,24,25). The second kappa shape index (κ2) is 9.34. The average Bonchev–Trinajstić information content (AvgIpc) is 2.69. The Morgan fingerprint density at radius 3 is 2.67 bits per heavy atom. The van der Waals surface area contributed by atoms with Crippen LogP contribution in [0.15, 0.2) is 59.8 Å². The summed E-state index contributed by atoms with van der Waals surface area (Å²) in [4.78, 5) is 16.8. The van der Waals surface area contributed by atoms with E-state index in [-0.39, 0.29) is 0 Å². The number of thioether (sulfide) groups is 1. The zero-order valence-electron chi connectivity index (χ0n) is 15.8. The molecule has 0 aliphatic carbocycles. The summed E-state index contributed by atoms with van der Waals surface area (Å²) in [5.74, 6) is 1.35. The lowest BCUT2D eigenvalue weighted by atomic mass is 10.2. The maximum absolute atomic E-state index is 4.66. The van der Waals surface area contributed by atoms with Crippen LogP contribution < -0.4 is 10.6 Å². The number of aromatic nitrogens is 3. The molecule has 3 aromatic rings. The van der Waals surface area contributed by atoms with Crippen LogP contribution in [0.1, 0.15) is 0 Å². The molecule has 1 aromatic carbocycles. The zero-order chi connectivity index (χ0) is 19.1. The van der Waals surface area contributed by atoms with Crippen molar-refractivity contribution in [2.45, 2.75) is 4.90 Å². The molecule has 0 radical (unpaired) electrons. The van der Waals surface area contributed by atoms with Crippen LogP contribution >= 0.6 is 11.8 Å². The average molecular weight is 381 g/mol. The summed E-state index contributed by atoms with van der Waals surface area (Å²) in [5, 5.41) is 6.74. The van der Waals surface area contributed by atoms with Crippen molar-refractivity contribution in [1.29, 1.82) is 0 Å². The molecular formula is C20H24N6S. The van der Waals surface area contributed by atoms with Crippen LogP contribution in [-0.4, -0.2) is 53.3 Å². The number of rotatable bonds is 8. The van der Waals surface area contributed by atoms with Gasteiger partial charge in [-0.3, -0.25) is 4.98 Å². The molecule has 0 aliphatic rings. The molecule has 3 rings (SSSR count). The molecule has 2 N–H and O–H groups in total. The van der Waals surface area contributed by atoms with Gasteiger partial charge < -0.3 is 15.5 Å². The van der Waals surface area contributed by atoms with Gasteiger partial charge in [0.15, 0.2) is 0 Å². The Hall–Kier alpha value is -2.64. The summed E-state index contributed by atoms with van der Waals surface area (Å²) < 4.78 is 0. The Labute approximate surface area is 164 Å². The van der Waals surface area contributed by atoms with Crippen molar-refractivity contribution < 1.29 is 0 Å². The summed E-state index contributed by atoms with van der Waals surface area (Å²) in [6.07, 6.45) is 5.64. The van der Waals surface area contributed by atoms with Crippen LogP contribution in [0.4, 0.5) is 17.5 Å². The SMILES string of the molecule is CSc1ccccc1Nc1cc(-c2cccnc2)nc(NCCN(C)C)n1. The van der Waals surface area contributed by atoms with Crippen molar-refractivity contribution in [3.8, 4) is 11.3 Å². The first-order valence-corrected chi connectivity index (χ1v) is 9.96. The van der Waals surface area contributed by atoms with Crippen LogP contribution in [0.25, 0.3) is 11.3 Å². The highest BCUT2D eigenvalue weighted by Crippen LogP contribution is 2.29. The Bertz CT molecular complexity index is 869. The van der Waals surface area contributed by atoms with E-state index in [1.54, 1.807) is 18.0 Å². The van der Waals surface area contributed by atoms with Crippen LogP contribution in [0.2, 0.25) is 0 Å². The van der Waals surface area contributed by atoms with Gasteiger partial charge in [-0.25, -0.2) is 4.98 Å². The highest BCUT2D eigenvalue weighted by atomic mass is 32.2. The van der Waals surface area contributed by atoms with Crippen LogP contribution in [-0.2, 0) is 0 Å². The largest absolute Gasteiger partial charge is 0.353 e. The molecule has 0 saturated heterocycles. The third kappa shape index (κ3) is 5.42. The Kier molecular flexibility index (Phi) is 6.62. The van der Waals surface area contributed by atoms with Crippen LogP contribution in [0.3, 0.4) is 0 Å². The van der Waals surface area contributed by atoms with Crippen LogP contribution in [0, 0.1) is 0 Å². The molecule has 140 valence electrons. The lowest BCUT2D eigenvalue weighted by molar-refractivity contribution is 0.425. The second-order valence-corrected chi connectivity index (χ2v) is 7.11. The Balaban J connectivity index is 1.91. The minimum atomic E-state index is 0.599. The summed E-state index contributed by atoms with van der Waals surface area (Å²) in [7, 11) is 4.09. The van der Waals surface area contributed by atoms with Crippen LogP contribution in [0.5, 0.6) is 0 Å². The number of hydrogen-bond donors (Lipinski definition) is 2. The number of para-hydroxylation sites is 1. The van der Waals surface area contributed by atoms with Gasteiger partial charge in [0.2, 0.25) is 5.95 Å². The first-order chi connectivity index (χ1) is 13.2. The van der Waals surface area contributed by atoms with Gasteiger partial charge in [0.25, 0.3) is 0 Å². The first-order valence-electron chi connectivity index (χ1n) is 8.74. The number of nitrogens with one attached hydrogen (secondary N) is 2. The molecule has 0 unspecified atom stereocenters. The monoisotopic (exact) mass is 380 g/mol. The molecule has 6 nitrogen and oxygen atoms in total. The molecule has 2 heterocycles. The minimum absolute atomic E-state index is 0.599. The summed E-state index contributed by atoms with van der Waals surface area (Å²) >= 11 is 1.70. The molecule has 0 bridgehead atoms. The highest BCUT2D eigenvalue weighted by molar-refractivity contribution is 7.98. The van der Waals surface area contributed by atoms with E-state index in [0.717, 1.165) is 35.9 Å². The van der Waals surface area contributed by atoms with E-state index in [2.05, 4.69) is 48.9 Å². The van der Waals surface area contributed by atoms with Crippen molar-refractivity contribution in [3.63, 3.8) is 0 Å². The number of benzene rings is 1. The van der Waals surface area contributed by atoms with Gasteiger partial charge in [0, 0.05) is 42.0 Å². The van der Waals surface area contributed by atoms with Gasteiger partial charge in [0.1, 0.15) is 5.82 Å². The number of pyridine rings is 1. The zero-order valence-corrected chi connectivity index (χ0v) is 16.6. The fourth-order valence-corrected chi connectivity index (χ4v) is 3.08. The summed E-state index contributed by atoms with van der Waals surface area (Å²) in [5.41, 5.74) is 2.81. The smallest absolute Gasteiger partial charge is 0.225 e. The van der Waals surface area contributed by atoms with E-state index in [1.165, 1.54) is 4.90 Å². The predicted octanol–water partition coefficient (Wildman–Crippen LogP) is 3.98. The van der Waals surface area contributed by atoms with E-state index in [4.69, 9.17) is 0 Å². The maximum Gasteiger partial charge on any atom is 0.225 e. The third-order valence-electron chi connectivity index (χ3n) is 3.90. The fraction of sp³-hybridized carbons (Fsp3) is 0.250. The van der Waals surface area contributed by atoms with E-state index >= 15 is 0 Å². The lowest BCUT2D eigenvalue weighted by Crippen LogP contribution is -2.21. The maximum atomic E-state index is 4.66. The fourth-order valence-electron chi connectivity index (χ4n) is 2.53. The lowest BCUT2D eigenvalue weighted by Gasteiger charge is -2.14. The highest BCUT2D eigenvalue weighted by Gasteiger charge is 2.09. The quantitative estimate of drug-likeness (QED) is 0.573. The number of likely N-dealkylation sites (N-methyl/N-ethyl adjacent to an activating group) is 1. The summed E-state index contributed by atoms with van der Waals surface area (Å²) in [6.45, 7) is 1.67. The number of anilines is 3. The van der Waals surface area contributed by atoms with Gasteiger partial charge in [0.05, 0.1) is 11.4 Å². The Morgan fingerprint density at radius 2 is 1.93 bits per heavy atom. The van der Waals surface area contributed by atoms with Gasteiger partial charge >= 0.3 is 0 Å². The molecule has 27 heavy (non-hydrogen) atoms. The molecule has 0 amide bonds. The number of hydrogen-bond acceptors (Lipinski definition) is 7. The Morgan fingerprint density at radius 1 is 1.07 bits per heavy atom. The van der Waals surface area contributed by atoms with E-state index in [1.807, 2.05) is 50.6 Å². The van der Waals surface area contributed by atoms with E-state index < -0.39 is 0 Å². The molecule has 0 spiro atoms. The molecule has 0 saturated carbocycles. The summed E-state index contributed by atoms with van der Waals surface area (Å²) in [6, 6.07) is 14.0. The first kappa shape index (κ1) is 19.1. The minimum Gasteiger partial charge on any atom is -0.353 e. The molecule has 0 atom stereocenters. The van der Waals surface area contributed by atoms with Crippen molar-refractivity contribution in [2.24, 2.45) is 0 Å². The van der Waals surface area contributed by atoms with E-state index in [9.17, 15) is 0 Å². The molecule has 0 aliphatic heterocycles. The molecular weight excluding hydrogens is 356 g/mol. The molecule has 2 aromatic heterocycles. The van der Waals surface area contributed by atoms with Crippen molar-refractivity contribution >= 4 is 29.2 Å². The molecule has 7 heteroatoms. The normalized spacial score (nSPS) is 10.8. The molecule has 0 fully saturated rings. The third-order valence-corrected chi connectivity index (χ3v) is 4.69. The topological polar surface area (TPSA) is 66.0 Å². The van der Waals surface area contributed by atoms with Crippen molar-refractivity contribution in [3.05, 3.63) is 54.9 Å². The predicted molar refractivity (Wildman–Crippen MR) is 114 cm³/mol. The van der Waals surface area contributed by atoms with Gasteiger partial charge in [-0.1, -0.05) is 12.1 Å². The van der Waals surface area contributed by atoms with Gasteiger partial charge in [-0.05, 0) is 44.6 Å². The van der Waals surface area contributed by atoms with Crippen molar-refractivity contribution in [2.75, 3.05) is 44.1 Å². The number of nitrogens with zero attached hydrogens (tertiary/aromatic N) is 4. The van der Waals surface area contributed by atoms with E-state index in [0.29, 0.717) is 5.95 Å². The van der Waals surface area contributed by atoms with Gasteiger partial charge in [-0.15, -0.1) is 11.8 Å². The second-order valence-electron chi connectivity index (χ2n) is 6.26. The van der Waals surface area contributed by atoms with Gasteiger partial charge in [-0.2, -0.15) is 4.98 Å². The van der Waals surface area contributed by atoms with Crippen molar-refractivity contribution in [1.82, 2.24) is 19.9 Å².